The fourth-order valence-electron chi connectivity index (χ4n) is 5.55. The molecule has 4 atom stereocenters. The largest absolute Gasteiger partial charge is 0.481 e. The molecule has 7 nitrogen and oxygen atoms in total. The number of carboxylic acids is 1. The van der Waals surface area contributed by atoms with E-state index in [1.165, 1.54) is 22.3 Å². The van der Waals surface area contributed by atoms with Gasteiger partial charge in [-0.05, 0) is 66.2 Å². The normalized spacial score (nSPS) is 15.9. The highest BCUT2D eigenvalue weighted by molar-refractivity contribution is 5.79. The molecule has 40 heavy (non-hydrogen) atoms. The van der Waals surface area contributed by atoms with E-state index in [4.69, 9.17) is 14.2 Å². The molecule has 0 saturated carbocycles. The van der Waals surface area contributed by atoms with E-state index in [9.17, 15) is 14.7 Å². The van der Waals surface area contributed by atoms with E-state index in [0.717, 1.165) is 6.42 Å². The van der Waals surface area contributed by atoms with Gasteiger partial charge in [-0.2, -0.15) is 0 Å². The Balaban J connectivity index is 1.25. The lowest BCUT2D eigenvalue weighted by Crippen LogP contribution is -2.38. The van der Waals surface area contributed by atoms with E-state index < -0.39 is 17.5 Å². The standard InChI is InChI=1S/C33H47NO6/c1-22(23(2)24(3)25(4)33(5,6)31(35)36)15-17-38-19-20-39-18-16-34-32(37)40-21-30-28-13-9-7-11-26(28)27-12-8-10-14-29(27)30/h7-14,22-25,30H,15-21H2,1-6H3,(H,34,37)(H,35,36)/t22?,23-,24+,25+/m0/s1. The Morgan fingerprint density at radius 2 is 1.40 bits per heavy atom. The predicted octanol–water partition coefficient (Wildman–Crippen LogP) is 6.60. The zero-order valence-corrected chi connectivity index (χ0v) is 24.9. The smallest absolute Gasteiger partial charge is 0.407 e. The second-order valence-corrected chi connectivity index (χ2v) is 11.8. The number of fused-ring (bicyclic) bond motifs is 3. The number of benzene rings is 2. The summed E-state index contributed by atoms with van der Waals surface area (Å²) >= 11 is 0. The van der Waals surface area contributed by atoms with Crippen LogP contribution in [0, 0.1) is 29.1 Å². The Kier molecular flexibility index (Phi) is 11.6. The third kappa shape index (κ3) is 7.85. The fraction of sp³-hybridized carbons (Fsp3) is 0.576. The van der Waals surface area contributed by atoms with Gasteiger partial charge in [0.1, 0.15) is 6.61 Å². The molecule has 0 heterocycles. The molecule has 2 aromatic rings. The van der Waals surface area contributed by atoms with E-state index in [0.29, 0.717) is 51.4 Å². The van der Waals surface area contributed by atoms with Crippen LogP contribution >= 0.6 is 0 Å². The van der Waals surface area contributed by atoms with Crippen LogP contribution in [0.15, 0.2) is 48.5 Å². The van der Waals surface area contributed by atoms with Crippen molar-refractivity contribution in [3.05, 3.63) is 59.7 Å². The molecule has 2 aromatic carbocycles. The van der Waals surface area contributed by atoms with Gasteiger partial charge in [0.15, 0.2) is 0 Å². The summed E-state index contributed by atoms with van der Waals surface area (Å²) in [5.41, 5.74) is 4.04. The zero-order valence-electron chi connectivity index (χ0n) is 24.9. The van der Waals surface area contributed by atoms with Gasteiger partial charge in [0.05, 0.1) is 25.2 Å². The number of hydrogen-bond donors (Lipinski definition) is 2. The molecule has 0 fully saturated rings. The van der Waals surface area contributed by atoms with Crippen molar-refractivity contribution in [2.75, 3.05) is 39.6 Å². The average Bonchev–Trinajstić information content (AvgIpc) is 3.27. The molecular formula is C33H47NO6. The molecule has 0 bridgehead atoms. The first-order valence-corrected chi connectivity index (χ1v) is 14.5. The molecule has 3 rings (SSSR count). The van der Waals surface area contributed by atoms with Gasteiger partial charge < -0.3 is 24.6 Å². The highest BCUT2D eigenvalue weighted by Gasteiger charge is 2.39. The number of hydrogen-bond acceptors (Lipinski definition) is 5. The predicted molar refractivity (Wildman–Crippen MR) is 157 cm³/mol. The Morgan fingerprint density at radius 1 is 0.850 bits per heavy atom. The molecule has 2 N–H and O–H groups in total. The summed E-state index contributed by atoms with van der Waals surface area (Å²) in [5, 5.41) is 12.3. The minimum atomic E-state index is -0.749. The van der Waals surface area contributed by atoms with Gasteiger partial charge in [-0.1, -0.05) is 76.2 Å². The van der Waals surface area contributed by atoms with Crippen molar-refractivity contribution < 1.29 is 28.9 Å². The second kappa shape index (κ2) is 14.6. The first-order chi connectivity index (χ1) is 19.1. The molecular weight excluding hydrogens is 506 g/mol. The van der Waals surface area contributed by atoms with Crippen LogP contribution in [-0.4, -0.2) is 56.7 Å². The number of amides is 1. The van der Waals surface area contributed by atoms with Gasteiger partial charge in [-0.3, -0.25) is 4.79 Å². The highest BCUT2D eigenvalue weighted by atomic mass is 16.6. The number of aliphatic carboxylic acids is 1. The number of nitrogens with one attached hydrogen (secondary N) is 1. The lowest BCUT2D eigenvalue weighted by atomic mass is 9.67. The number of rotatable bonds is 16. The lowest BCUT2D eigenvalue weighted by molar-refractivity contribution is -0.151. The van der Waals surface area contributed by atoms with Crippen LogP contribution in [0.3, 0.4) is 0 Å². The summed E-state index contributed by atoms with van der Waals surface area (Å²) in [6, 6.07) is 16.5. The number of carbonyl (C=O) groups excluding carboxylic acids is 1. The third-order valence-corrected chi connectivity index (χ3v) is 9.15. The summed E-state index contributed by atoms with van der Waals surface area (Å²) in [7, 11) is 0. The van der Waals surface area contributed by atoms with E-state index in [2.05, 4.69) is 50.4 Å². The van der Waals surface area contributed by atoms with Crippen molar-refractivity contribution in [1.82, 2.24) is 5.32 Å². The Bertz CT molecular complexity index is 1070. The maximum absolute atomic E-state index is 12.3. The Hall–Kier alpha value is -2.90. The van der Waals surface area contributed by atoms with Crippen molar-refractivity contribution >= 4 is 12.1 Å². The van der Waals surface area contributed by atoms with E-state index >= 15 is 0 Å². The van der Waals surface area contributed by atoms with Crippen LogP contribution < -0.4 is 5.32 Å². The molecule has 1 amide bonds. The summed E-state index contributed by atoms with van der Waals surface area (Å²) in [4.78, 5) is 23.9. The number of carboxylic acid groups (broad SMARTS) is 1. The van der Waals surface area contributed by atoms with Crippen LogP contribution in [0.4, 0.5) is 4.79 Å². The zero-order chi connectivity index (χ0) is 29.3. The van der Waals surface area contributed by atoms with E-state index in [1.807, 2.05) is 45.0 Å². The fourth-order valence-corrected chi connectivity index (χ4v) is 5.55. The summed E-state index contributed by atoms with van der Waals surface area (Å²) in [6.07, 6.45) is 0.467. The number of carbonyl (C=O) groups is 2. The Labute approximate surface area is 239 Å². The van der Waals surface area contributed by atoms with Gasteiger partial charge in [0, 0.05) is 19.1 Å². The lowest BCUT2D eigenvalue weighted by Gasteiger charge is -2.37. The molecule has 1 aliphatic rings. The van der Waals surface area contributed by atoms with Gasteiger partial charge in [0.2, 0.25) is 0 Å². The van der Waals surface area contributed by atoms with Crippen LogP contribution in [0.2, 0.25) is 0 Å². The van der Waals surface area contributed by atoms with Crippen LogP contribution in [0.25, 0.3) is 11.1 Å². The SMILES string of the molecule is CC(CCOCCOCCNC(=O)OCC1c2ccccc2-c2ccccc21)[C@H](C)[C@@H](C)[C@@H](C)C(C)(C)C(=O)O. The van der Waals surface area contributed by atoms with Gasteiger partial charge in [-0.25, -0.2) is 4.79 Å². The van der Waals surface area contributed by atoms with Crippen molar-refractivity contribution in [3.8, 4) is 11.1 Å². The van der Waals surface area contributed by atoms with Crippen molar-refractivity contribution in [2.45, 2.75) is 53.9 Å². The first kappa shape index (κ1) is 31.6. The molecule has 1 unspecified atom stereocenters. The van der Waals surface area contributed by atoms with Crippen molar-refractivity contribution in [2.24, 2.45) is 29.1 Å². The highest BCUT2D eigenvalue weighted by Crippen LogP contribution is 2.44. The maximum atomic E-state index is 12.3. The molecule has 0 aliphatic heterocycles. The second-order valence-electron chi connectivity index (χ2n) is 11.8. The van der Waals surface area contributed by atoms with Crippen LogP contribution in [-0.2, 0) is 19.0 Å². The van der Waals surface area contributed by atoms with Crippen molar-refractivity contribution in [1.29, 1.82) is 0 Å². The topological polar surface area (TPSA) is 94.1 Å². The Morgan fingerprint density at radius 3 is 1.98 bits per heavy atom. The summed E-state index contributed by atoms with van der Waals surface area (Å²) < 4.78 is 16.9. The molecule has 0 saturated heterocycles. The van der Waals surface area contributed by atoms with Crippen LogP contribution in [0.5, 0.6) is 0 Å². The number of alkyl carbamates (subject to hydrolysis) is 1. The molecule has 1 aliphatic carbocycles. The minimum absolute atomic E-state index is 0.0421. The summed E-state index contributed by atoms with van der Waals surface area (Å²) in [6.45, 7) is 14.9. The van der Waals surface area contributed by atoms with Gasteiger partial charge in [-0.15, -0.1) is 0 Å². The van der Waals surface area contributed by atoms with E-state index in [-0.39, 0.29) is 17.8 Å². The molecule has 7 heteroatoms. The monoisotopic (exact) mass is 553 g/mol. The summed E-state index contributed by atoms with van der Waals surface area (Å²) in [5.74, 6) is 0.456. The quantitative estimate of drug-likeness (QED) is 0.227. The van der Waals surface area contributed by atoms with Crippen LogP contribution in [0.1, 0.15) is 65.0 Å². The average molecular weight is 554 g/mol. The molecule has 0 radical (unpaired) electrons. The third-order valence-electron chi connectivity index (χ3n) is 9.15. The molecule has 220 valence electrons. The van der Waals surface area contributed by atoms with Crippen molar-refractivity contribution in [3.63, 3.8) is 0 Å². The maximum Gasteiger partial charge on any atom is 0.407 e. The molecule has 0 aromatic heterocycles. The molecule has 0 spiro atoms. The van der Waals surface area contributed by atoms with Gasteiger partial charge in [0.25, 0.3) is 0 Å². The van der Waals surface area contributed by atoms with Gasteiger partial charge >= 0.3 is 12.1 Å². The minimum Gasteiger partial charge on any atom is -0.481 e. The van der Waals surface area contributed by atoms with E-state index in [1.54, 1.807) is 0 Å². The first-order valence-electron chi connectivity index (χ1n) is 14.5. The number of ether oxygens (including phenoxy) is 3.